The van der Waals surface area contributed by atoms with E-state index in [0.29, 0.717) is 27.7 Å². The van der Waals surface area contributed by atoms with Crippen molar-refractivity contribution in [2.24, 2.45) is 5.10 Å². The molecule has 0 bridgehead atoms. The number of aromatic nitrogens is 1. The molecule has 0 spiro atoms. The average Bonchev–Trinajstić information content (AvgIpc) is 2.79. The summed E-state index contributed by atoms with van der Waals surface area (Å²) < 4.78 is 0. The summed E-state index contributed by atoms with van der Waals surface area (Å²) in [5.41, 5.74) is 5.71. The molecule has 2 N–H and O–H groups in total. The largest absolute Gasteiger partial charge is 0.478 e. The van der Waals surface area contributed by atoms with Gasteiger partial charge in [-0.25, -0.2) is 15.2 Å². The van der Waals surface area contributed by atoms with Crippen LogP contribution in [0.2, 0.25) is 0 Å². The third-order valence-corrected chi connectivity index (χ3v) is 4.59. The summed E-state index contributed by atoms with van der Waals surface area (Å²) in [7, 11) is 0. The predicted octanol–water partition coefficient (Wildman–Crippen LogP) is 4.36. The molecule has 1 amide bonds. The maximum absolute atomic E-state index is 12.9. The van der Waals surface area contributed by atoms with Crippen molar-refractivity contribution in [3.05, 3.63) is 102 Å². The molecule has 0 aliphatic carbocycles. The number of carbonyl (C=O) groups is 2. The number of benzene rings is 3. The summed E-state index contributed by atoms with van der Waals surface area (Å²) >= 11 is 0. The van der Waals surface area contributed by atoms with E-state index in [1.807, 2.05) is 54.6 Å². The van der Waals surface area contributed by atoms with E-state index in [-0.39, 0.29) is 5.56 Å². The predicted molar refractivity (Wildman–Crippen MR) is 116 cm³/mol. The normalized spacial score (nSPS) is 10.9. The number of hydrazone groups is 1. The van der Waals surface area contributed by atoms with Crippen LogP contribution in [0.15, 0.2) is 90.0 Å². The molecule has 6 nitrogen and oxygen atoms in total. The minimum absolute atomic E-state index is 0.108. The average molecular weight is 395 g/mol. The Kier molecular flexibility index (Phi) is 5.30. The molecular formula is C24H17N3O3. The Hall–Kier alpha value is -4.32. The molecule has 1 heterocycles. The van der Waals surface area contributed by atoms with Crippen molar-refractivity contribution in [2.75, 3.05) is 0 Å². The lowest BCUT2D eigenvalue weighted by atomic mass is 10.0. The molecule has 0 atom stereocenters. The van der Waals surface area contributed by atoms with Crippen LogP contribution >= 0.6 is 0 Å². The summed E-state index contributed by atoms with van der Waals surface area (Å²) in [4.78, 5) is 28.8. The minimum Gasteiger partial charge on any atom is -0.478 e. The van der Waals surface area contributed by atoms with E-state index in [1.54, 1.807) is 24.3 Å². The zero-order valence-corrected chi connectivity index (χ0v) is 15.8. The third-order valence-electron chi connectivity index (χ3n) is 4.59. The molecule has 0 saturated heterocycles. The fourth-order valence-electron chi connectivity index (χ4n) is 3.15. The van der Waals surface area contributed by atoms with E-state index in [0.717, 1.165) is 5.56 Å². The summed E-state index contributed by atoms with van der Waals surface area (Å²) in [5, 5.41) is 13.9. The van der Waals surface area contributed by atoms with Gasteiger partial charge >= 0.3 is 5.97 Å². The number of hydrogen-bond acceptors (Lipinski definition) is 4. The SMILES string of the molecule is O=C(O)c1ccccc1/C=N/NC(=O)c1cc(-c2ccccc2)nc2ccccc12. The lowest BCUT2D eigenvalue weighted by Gasteiger charge is -2.09. The Morgan fingerprint density at radius 1 is 0.867 bits per heavy atom. The maximum atomic E-state index is 12.9. The third kappa shape index (κ3) is 3.93. The van der Waals surface area contributed by atoms with Crippen LogP contribution in [0.5, 0.6) is 0 Å². The van der Waals surface area contributed by atoms with E-state index >= 15 is 0 Å². The van der Waals surface area contributed by atoms with Crippen LogP contribution in [0, 0.1) is 0 Å². The van der Waals surface area contributed by atoms with Gasteiger partial charge in [0.15, 0.2) is 0 Å². The molecule has 0 saturated carbocycles. The van der Waals surface area contributed by atoms with Gasteiger partial charge in [0, 0.05) is 16.5 Å². The van der Waals surface area contributed by atoms with Gasteiger partial charge in [-0.3, -0.25) is 4.79 Å². The number of pyridine rings is 1. The van der Waals surface area contributed by atoms with Gasteiger partial charge in [-0.15, -0.1) is 0 Å². The number of para-hydroxylation sites is 1. The number of hydrogen-bond donors (Lipinski definition) is 2. The summed E-state index contributed by atoms with van der Waals surface area (Å²) in [6, 6.07) is 25.2. The van der Waals surface area contributed by atoms with Gasteiger partial charge in [0.2, 0.25) is 0 Å². The van der Waals surface area contributed by atoms with Crippen LogP contribution in [0.1, 0.15) is 26.3 Å². The number of nitrogens with zero attached hydrogens (tertiary/aromatic N) is 2. The molecule has 0 unspecified atom stereocenters. The Labute approximate surface area is 172 Å². The quantitative estimate of drug-likeness (QED) is 0.388. The number of rotatable bonds is 5. The zero-order valence-electron chi connectivity index (χ0n) is 15.8. The van der Waals surface area contributed by atoms with Crippen molar-refractivity contribution in [1.29, 1.82) is 0 Å². The molecule has 4 aromatic rings. The van der Waals surface area contributed by atoms with Crippen LogP contribution in [0.25, 0.3) is 22.2 Å². The molecule has 0 aliphatic rings. The van der Waals surface area contributed by atoms with E-state index < -0.39 is 11.9 Å². The van der Waals surface area contributed by atoms with Crippen molar-refractivity contribution in [3.63, 3.8) is 0 Å². The maximum Gasteiger partial charge on any atom is 0.336 e. The van der Waals surface area contributed by atoms with Gasteiger partial charge in [-0.05, 0) is 18.2 Å². The second-order valence-electron chi connectivity index (χ2n) is 6.53. The topological polar surface area (TPSA) is 91.6 Å². The first-order valence-electron chi connectivity index (χ1n) is 9.24. The number of carbonyl (C=O) groups excluding carboxylic acids is 1. The van der Waals surface area contributed by atoms with E-state index in [4.69, 9.17) is 0 Å². The van der Waals surface area contributed by atoms with Gasteiger partial charge in [-0.2, -0.15) is 5.10 Å². The van der Waals surface area contributed by atoms with Crippen LogP contribution in [0.3, 0.4) is 0 Å². The molecular weight excluding hydrogens is 378 g/mol. The van der Waals surface area contributed by atoms with Gasteiger partial charge in [0.05, 0.1) is 28.6 Å². The Bertz CT molecular complexity index is 1270. The highest BCUT2D eigenvalue weighted by atomic mass is 16.4. The summed E-state index contributed by atoms with van der Waals surface area (Å²) in [6.45, 7) is 0. The monoisotopic (exact) mass is 395 g/mol. The minimum atomic E-state index is -1.06. The highest BCUT2D eigenvalue weighted by Gasteiger charge is 2.14. The smallest absolute Gasteiger partial charge is 0.336 e. The first-order chi connectivity index (χ1) is 14.6. The highest BCUT2D eigenvalue weighted by molar-refractivity contribution is 6.07. The van der Waals surface area contributed by atoms with Gasteiger partial charge in [-0.1, -0.05) is 66.7 Å². The van der Waals surface area contributed by atoms with Crippen molar-refractivity contribution in [3.8, 4) is 11.3 Å². The van der Waals surface area contributed by atoms with E-state index in [2.05, 4.69) is 15.5 Å². The van der Waals surface area contributed by atoms with E-state index in [1.165, 1.54) is 12.3 Å². The molecule has 0 fully saturated rings. The summed E-state index contributed by atoms with van der Waals surface area (Å²) in [6.07, 6.45) is 1.32. The molecule has 4 rings (SSSR count). The standard InChI is InChI=1S/C24H17N3O3/c28-23(27-25-15-17-10-4-5-11-18(17)24(29)30)20-14-22(16-8-2-1-3-9-16)26-21-13-7-6-12-19(20)21/h1-15H,(H,27,28)(H,29,30)/b25-15+. The van der Waals surface area contributed by atoms with Crippen molar-refractivity contribution in [2.45, 2.75) is 0 Å². The van der Waals surface area contributed by atoms with Crippen LogP contribution in [0.4, 0.5) is 0 Å². The first-order valence-corrected chi connectivity index (χ1v) is 9.24. The number of amides is 1. The van der Waals surface area contributed by atoms with Gasteiger partial charge < -0.3 is 5.11 Å². The number of fused-ring (bicyclic) bond motifs is 1. The number of aromatic carboxylic acids is 1. The van der Waals surface area contributed by atoms with Crippen molar-refractivity contribution < 1.29 is 14.7 Å². The first kappa shape index (κ1) is 19.0. The molecule has 6 heteroatoms. The fraction of sp³-hybridized carbons (Fsp3) is 0. The Morgan fingerprint density at radius 3 is 2.37 bits per heavy atom. The zero-order chi connectivity index (χ0) is 20.9. The van der Waals surface area contributed by atoms with E-state index in [9.17, 15) is 14.7 Å². The van der Waals surface area contributed by atoms with Crippen molar-refractivity contribution >= 4 is 29.0 Å². The number of carboxylic acids is 1. The van der Waals surface area contributed by atoms with Gasteiger partial charge in [0.1, 0.15) is 0 Å². The van der Waals surface area contributed by atoms with Crippen LogP contribution < -0.4 is 5.43 Å². The molecule has 0 aliphatic heterocycles. The van der Waals surface area contributed by atoms with Gasteiger partial charge in [0.25, 0.3) is 5.91 Å². The molecule has 146 valence electrons. The summed E-state index contributed by atoms with van der Waals surface area (Å²) in [5.74, 6) is -1.47. The fourth-order valence-corrected chi connectivity index (χ4v) is 3.15. The highest BCUT2D eigenvalue weighted by Crippen LogP contribution is 2.24. The molecule has 30 heavy (non-hydrogen) atoms. The second-order valence-corrected chi connectivity index (χ2v) is 6.53. The lowest BCUT2D eigenvalue weighted by molar-refractivity contribution is 0.0696. The van der Waals surface area contributed by atoms with Crippen LogP contribution in [-0.2, 0) is 0 Å². The number of nitrogens with one attached hydrogen (secondary N) is 1. The Morgan fingerprint density at radius 2 is 1.57 bits per heavy atom. The molecule has 1 aromatic heterocycles. The Balaban J connectivity index is 1.67. The lowest BCUT2D eigenvalue weighted by Crippen LogP contribution is -2.18. The second kappa shape index (κ2) is 8.36. The molecule has 0 radical (unpaired) electrons. The number of carboxylic acid groups (broad SMARTS) is 1. The van der Waals surface area contributed by atoms with Crippen LogP contribution in [-0.4, -0.2) is 28.2 Å². The van der Waals surface area contributed by atoms with Crippen molar-refractivity contribution in [1.82, 2.24) is 10.4 Å². The molecule has 3 aromatic carbocycles.